The Morgan fingerprint density at radius 1 is 1.20 bits per heavy atom. The van der Waals surface area contributed by atoms with E-state index in [9.17, 15) is 0 Å². The predicted octanol–water partition coefficient (Wildman–Crippen LogP) is 5.32. The molecule has 0 fully saturated rings. The molecule has 0 aliphatic carbocycles. The van der Waals surface area contributed by atoms with Crippen LogP contribution in [0.25, 0.3) is 10.9 Å². The van der Waals surface area contributed by atoms with E-state index < -0.39 is 0 Å². The molecule has 1 N–H and O–H groups in total. The summed E-state index contributed by atoms with van der Waals surface area (Å²) in [7, 11) is 2.26. The number of fused-ring (bicyclic) bond motifs is 3. The lowest BCUT2D eigenvalue weighted by Gasteiger charge is -2.42. The van der Waals surface area contributed by atoms with Crippen molar-refractivity contribution in [2.24, 2.45) is 5.92 Å². The summed E-state index contributed by atoms with van der Waals surface area (Å²) in [5, 5.41) is 8.64. The van der Waals surface area contributed by atoms with Gasteiger partial charge in [0.15, 0.2) is 0 Å². The number of hydrogen-bond acceptors (Lipinski definition) is 2. The Hall–Kier alpha value is -1.65. The molecule has 1 aliphatic heterocycles. The Kier molecular flexibility index (Phi) is 4.42. The topological polar surface area (TPSA) is 31.9 Å². The molecule has 0 spiro atoms. The van der Waals surface area contributed by atoms with Crippen LogP contribution in [-0.2, 0) is 6.54 Å². The molecule has 0 saturated heterocycles. The first-order chi connectivity index (χ1) is 12.0. The Morgan fingerprint density at radius 2 is 1.96 bits per heavy atom. The van der Waals surface area contributed by atoms with Gasteiger partial charge < -0.3 is 0 Å². The van der Waals surface area contributed by atoms with Gasteiger partial charge in [0.25, 0.3) is 0 Å². The van der Waals surface area contributed by atoms with Crippen LogP contribution in [0.15, 0.2) is 47.1 Å². The smallest absolute Gasteiger partial charge is 0.0653 e. The lowest BCUT2D eigenvalue weighted by Crippen LogP contribution is -2.42. The zero-order chi connectivity index (χ0) is 17.6. The van der Waals surface area contributed by atoms with Gasteiger partial charge in [-0.1, -0.05) is 48.0 Å². The zero-order valence-electron chi connectivity index (χ0n) is 15.0. The Morgan fingerprint density at radius 3 is 2.68 bits per heavy atom. The first kappa shape index (κ1) is 16.8. The fourth-order valence-electron chi connectivity index (χ4n) is 4.26. The van der Waals surface area contributed by atoms with Crippen molar-refractivity contribution in [3.63, 3.8) is 0 Å². The Labute approximate surface area is 157 Å². The minimum atomic E-state index is 0.392. The van der Waals surface area contributed by atoms with Crippen LogP contribution in [-0.4, -0.2) is 28.2 Å². The van der Waals surface area contributed by atoms with Gasteiger partial charge in [0.05, 0.1) is 11.7 Å². The van der Waals surface area contributed by atoms with Gasteiger partial charge in [-0.15, -0.1) is 0 Å². The van der Waals surface area contributed by atoms with Crippen LogP contribution in [0.5, 0.6) is 0 Å². The molecular weight excluding hydrogens is 374 g/mol. The first-order valence-electron chi connectivity index (χ1n) is 8.95. The second kappa shape index (κ2) is 6.58. The minimum Gasteiger partial charge on any atom is -0.298 e. The third-order valence-electron chi connectivity index (χ3n) is 5.41. The number of nitrogens with zero attached hydrogens (tertiary/aromatic N) is 2. The van der Waals surface area contributed by atoms with Crippen LogP contribution in [0.3, 0.4) is 0 Å². The number of aromatic nitrogens is 2. The van der Waals surface area contributed by atoms with Crippen LogP contribution in [0.1, 0.15) is 42.9 Å². The van der Waals surface area contributed by atoms with Crippen LogP contribution >= 0.6 is 15.9 Å². The highest BCUT2D eigenvalue weighted by molar-refractivity contribution is 9.10. The van der Waals surface area contributed by atoms with Crippen molar-refractivity contribution in [1.82, 2.24) is 15.1 Å². The normalized spacial score (nSPS) is 21.0. The van der Waals surface area contributed by atoms with Crippen LogP contribution in [0.4, 0.5) is 0 Å². The Balaban J connectivity index is 1.90. The molecule has 3 nitrogen and oxygen atoms in total. The molecule has 0 bridgehead atoms. The highest BCUT2D eigenvalue weighted by Gasteiger charge is 2.35. The standard InChI is InChI=1S/C21H24BrN3/c1-13(2)10-20-21(14-4-6-15(22)7-5-14)16-8-9-19-17(11-23-24-19)18(16)12-25(20)3/h4-9,11,13,20-21H,10,12H2,1-3H3,(H,23,24)/t20-,21+/m0/s1. The molecule has 25 heavy (non-hydrogen) atoms. The van der Waals surface area contributed by atoms with E-state index in [0.717, 1.165) is 16.5 Å². The number of rotatable bonds is 3. The summed E-state index contributed by atoms with van der Waals surface area (Å²) >= 11 is 3.57. The lowest BCUT2D eigenvalue weighted by molar-refractivity contribution is 0.172. The van der Waals surface area contributed by atoms with Crippen LogP contribution in [0, 0.1) is 5.92 Å². The fraction of sp³-hybridized carbons (Fsp3) is 0.381. The molecule has 4 heteroatoms. The maximum absolute atomic E-state index is 4.26. The summed E-state index contributed by atoms with van der Waals surface area (Å²) in [4.78, 5) is 2.53. The molecule has 0 radical (unpaired) electrons. The molecule has 3 aromatic rings. The lowest BCUT2D eigenvalue weighted by atomic mass is 9.76. The van der Waals surface area contributed by atoms with Crippen molar-refractivity contribution in [2.75, 3.05) is 7.05 Å². The zero-order valence-corrected chi connectivity index (χ0v) is 16.5. The highest BCUT2D eigenvalue weighted by Crippen LogP contribution is 2.42. The summed E-state index contributed by atoms with van der Waals surface area (Å²) in [5.74, 6) is 1.06. The van der Waals surface area contributed by atoms with Crippen LogP contribution in [0.2, 0.25) is 0 Å². The molecule has 2 atom stereocenters. The van der Waals surface area contributed by atoms with Gasteiger partial charge in [-0.2, -0.15) is 5.10 Å². The first-order valence-corrected chi connectivity index (χ1v) is 9.74. The monoisotopic (exact) mass is 397 g/mol. The van der Waals surface area contributed by atoms with Crippen LogP contribution < -0.4 is 0 Å². The van der Waals surface area contributed by atoms with E-state index in [1.165, 1.54) is 28.5 Å². The number of aromatic amines is 1. The van der Waals surface area contributed by atoms with Crippen molar-refractivity contribution >= 4 is 26.8 Å². The largest absolute Gasteiger partial charge is 0.298 e. The quantitative estimate of drug-likeness (QED) is 0.648. The Bertz CT molecular complexity index is 882. The van der Waals surface area contributed by atoms with E-state index in [-0.39, 0.29) is 0 Å². The van der Waals surface area contributed by atoms with Gasteiger partial charge in [-0.05, 0) is 54.3 Å². The van der Waals surface area contributed by atoms with E-state index in [0.29, 0.717) is 17.9 Å². The molecule has 2 aromatic carbocycles. The van der Waals surface area contributed by atoms with Gasteiger partial charge in [0.2, 0.25) is 0 Å². The fourth-order valence-corrected chi connectivity index (χ4v) is 4.52. The molecule has 130 valence electrons. The van der Waals surface area contributed by atoms with E-state index in [1.54, 1.807) is 0 Å². The number of H-pyrrole nitrogens is 1. The maximum Gasteiger partial charge on any atom is 0.0653 e. The van der Waals surface area contributed by atoms with Crippen molar-refractivity contribution in [3.05, 3.63) is 63.8 Å². The van der Waals surface area contributed by atoms with E-state index in [1.807, 2.05) is 6.20 Å². The number of likely N-dealkylation sites (N-methyl/N-ethyl adjacent to an activating group) is 1. The molecule has 4 rings (SSSR count). The summed E-state index contributed by atoms with van der Waals surface area (Å²) in [6, 6.07) is 13.9. The number of nitrogens with one attached hydrogen (secondary N) is 1. The number of benzene rings is 2. The van der Waals surface area contributed by atoms with E-state index in [2.05, 4.69) is 88.3 Å². The molecule has 2 heterocycles. The summed E-state index contributed by atoms with van der Waals surface area (Å²) in [6.45, 7) is 5.62. The predicted molar refractivity (Wildman–Crippen MR) is 107 cm³/mol. The number of hydrogen-bond donors (Lipinski definition) is 1. The van der Waals surface area contributed by atoms with E-state index in [4.69, 9.17) is 0 Å². The molecule has 0 saturated carbocycles. The van der Waals surface area contributed by atoms with Gasteiger partial charge in [0.1, 0.15) is 0 Å². The van der Waals surface area contributed by atoms with Gasteiger partial charge in [-0.25, -0.2) is 0 Å². The van der Waals surface area contributed by atoms with Gasteiger partial charge in [-0.3, -0.25) is 10.00 Å². The SMILES string of the molecule is CC(C)C[C@H]1[C@H](c2ccc(Br)cc2)c2ccc3[nH]ncc3c2CN1C. The average Bonchev–Trinajstić information content (AvgIpc) is 3.05. The second-order valence-electron chi connectivity index (χ2n) is 7.61. The molecule has 1 aromatic heterocycles. The van der Waals surface area contributed by atoms with Gasteiger partial charge in [0, 0.05) is 28.4 Å². The second-order valence-corrected chi connectivity index (χ2v) is 8.52. The third-order valence-corrected chi connectivity index (χ3v) is 5.94. The number of halogens is 1. The maximum atomic E-state index is 4.26. The van der Waals surface area contributed by atoms with Gasteiger partial charge >= 0.3 is 0 Å². The van der Waals surface area contributed by atoms with Crippen molar-refractivity contribution in [2.45, 2.75) is 38.8 Å². The van der Waals surface area contributed by atoms with E-state index >= 15 is 0 Å². The summed E-state index contributed by atoms with van der Waals surface area (Å²) < 4.78 is 1.13. The molecule has 1 aliphatic rings. The molecule has 0 amide bonds. The average molecular weight is 398 g/mol. The van der Waals surface area contributed by atoms with Crippen molar-refractivity contribution < 1.29 is 0 Å². The summed E-state index contributed by atoms with van der Waals surface area (Å²) in [6.07, 6.45) is 3.17. The highest BCUT2D eigenvalue weighted by atomic mass is 79.9. The van der Waals surface area contributed by atoms with Crippen molar-refractivity contribution in [3.8, 4) is 0 Å². The minimum absolute atomic E-state index is 0.392. The molecule has 0 unspecified atom stereocenters. The summed E-state index contributed by atoms with van der Waals surface area (Å²) in [5.41, 5.74) is 5.40. The van der Waals surface area contributed by atoms with Crippen molar-refractivity contribution in [1.29, 1.82) is 0 Å². The third kappa shape index (κ3) is 3.02. The molecular formula is C21H24BrN3.